The number of hydrogen-bond acceptors (Lipinski definition) is 4. The van der Waals surface area contributed by atoms with E-state index in [4.69, 9.17) is 9.47 Å². The summed E-state index contributed by atoms with van der Waals surface area (Å²) in [5.41, 5.74) is 2.10. The molecule has 0 aliphatic rings. The van der Waals surface area contributed by atoms with E-state index in [9.17, 15) is 10.2 Å². The molecule has 0 atom stereocenters. The average Bonchev–Trinajstić information content (AvgIpc) is 2.34. The second kappa shape index (κ2) is 5.30. The molecule has 0 bridgehead atoms. The third-order valence-corrected chi connectivity index (χ3v) is 2.54. The summed E-state index contributed by atoms with van der Waals surface area (Å²) in [7, 11) is 0. The Morgan fingerprint density at radius 1 is 0.684 bits per heavy atom. The maximum absolute atomic E-state index is 9.67. The third-order valence-electron chi connectivity index (χ3n) is 2.54. The predicted octanol–water partition coefficient (Wildman–Crippen LogP) is 2.36. The van der Waals surface area contributed by atoms with Crippen LogP contribution in [-0.4, -0.2) is 16.4 Å². The van der Waals surface area contributed by atoms with Gasteiger partial charge >= 0.3 is 6.16 Å². The zero-order valence-electron chi connectivity index (χ0n) is 10.8. The monoisotopic (exact) mass is 260 g/mol. The van der Waals surface area contributed by atoms with Crippen LogP contribution >= 0.6 is 0 Å². The summed E-state index contributed by atoms with van der Waals surface area (Å²) in [6.07, 6.45) is -2.70. The molecule has 0 radical (unpaired) electrons. The van der Waals surface area contributed by atoms with Gasteiger partial charge in [-0.1, -0.05) is 35.4 Å². The molecule has 0 unspecified atom stereocenters. The fraction of sp³-hybridized carbons (Fsp3) is 0.200. The molecule has 2 rings (SSSR count). The van der Waals surface area contributed by atoms with E-state index in [0.717, 1.165) is 11.1 Å². The van der Waals surface area contributed by atoms with E-state index in [1.807, 2.05) is 13.8 Å². The molecule has 0 aliphatic heterocycles. The van der Waals surface area contributed by atoms with E-state index in [0.29, 0.717) is 11.5 Å². The van der Waals surface area contributed by atoms with Crippen LogP contribution in [0.2, 0.25) is 0 Å². The summed E-state index contributed by atoms with van der Waals surface area (Å²) >= 11 is 0. The molecule has 0 aliphatic carbocycles. The minimum atomic E-state index is -2.70. The van der Waals surface area contributed by atoms with Gasteiger partial charge < -0.3 is 9.47 Å². The van der Waals surface area contributed by atoms with Crippen molar-refractivity contribution in [2.24, 2.45) is 0 Å². The van der Waals surface area contributed by atoms with Gasteiger partial charge in [0.15, 0.2) is 0 Å². The largest absolute Gasteiger partial charge is 0.504 e. The molecule has 2 N–H and O–H groups in total. The van der Waals surface area contributed by atoms with Crippen LogP contribution in [0.4, 0.5) is 0 Å². The number of aliphatic hydroxyl groups is 2. The Labute approximate surface area is 111 Å². The second-order valence-electron chi connectivity index (χ2n) is 4.38. The first kappa shape index (κ1) is 13.4. The van der Waals surface area contributed by atoms with Gasteiger partial charge in [-0.25, -0.2) is 0 Å². The molecule has 0 heterocycles. The topological polar surface area (TPSA) is 58.9 Å². The van der Waals surface area contributed by atoms with Crippen LogP contribution in [0.25, 0.3) is 0 Å². The van der Waals surface area contributed by atoms with E-state index in [-0.39, 0.29) is 0 Å². The zero-order valence-corrected chi connectivity index (χ0v) is 10.8. The van der Waals surface area contributed by atoms with Crippen molar-refractivity contribution in [1.82, 2.24) is 0 Å². The lowest BCUT2D eigenvalue weighted by molar-refractivity contribution is -0.402. The highest BCUT2D eigenvalue weighted by Gasteiger charge is 2.29. The summed E-state index contributed by atoms with van der Waals surface area (Å²) in [4.78, 5) is 0. The number of rotatable bonds is 4. The number of hydrogen-bond donors (Lipinski definition) is 2. The van der Waals surface area contributed by atoms with Crippen LogP contribution in [0.15, 0.2) is 48.5 Å². The smallest absolute Gasteiger partial charge is 0.407 e. The molecule has 100 valence electrons. The second-order valence-corrected chi connectivity index (χ2v) is 4.38. The van der Waals surface area contributed by atoms with Crippen LogP contribution in [0.5, 0.6) is 11.5 Å². The molecule has 4 nitrogen and oxygen atoms in total. The molecule has 2 aromatic carbocycles. The normalized spacial score (nSPS) is 11.2. The molecule has 0 spiro atoms. The summed E-state index contributed by atoms with van der Waals surface area (Å²) in [6.45, 7) is 3.86. The van der Waals surface area contributed by atoms with Gasteiger partial charge in [-0.2, -0.15) is 0 Å². The maximum atomic E-state index is 9.67. The fourth-order valence-electron chi connectivity index (χ4n) is 1.54. The first-order valence-corrected chi connectivity index (χ1v) is 5.91. The van der Waals surface area contributed by atoms with Crippen LogP contribution in [0.1, 0.15) is 11.1 Å². The SMILES string of the molecule is Cc1ccc(OC(O)(O)Oc2ccc(C)cc2)cc1. The molecular formula is C15H16O4. The first-order chi connectivity index (χ1) is 8.94. The summed E-state index contributed by atoms with van der Waals surface area (Å²) in [5.74, 6) is 0.616. The van der Waals surface area contributed by atoms with Crippen LogP contribution in [-0.2, 0) is 0 Å². The minimum Gasteiger partial charge on any atom is -0.407 e. The Bertz CT molecular complexity index is 480. The maximum Gasteiger partial charge on any atom is 0.504 e. The Balaban J connectivity index is 2.05. The highest BCUT2D eigenvalue weighted by molar-refractivity contribution is 5.28. The van der Waals surface area contributed by atoms with Gasteiger partial charge in [-0.15, -0.1) is 0 Å². The predicted molar refractivity (Wildman–Crippen MR) is 70.8 cm³/mol. The third kappa shape index (κ3) is 3.98. The quantitative estimate of drug-likeness (QED) is 0.828. The standard InChI is InChI=1S/C15H16O4/c1-11-3-7-13(8-4-11)18-15(16,17)19-14-9-5-12(2)6-10-14/h3-10,16-17H,1-2H3. The lowest BCUT2D eigenvalue weighted by Crippen LogP contribution is -2.41. The van der Waals surface area contributed by atoms with Crippen molar-refractivity contribution in [1.29, 1.82) is 0 Å². The van der Waals surface area contributed by atoms with Gasteiger partial charge in [0.1, 0.15) is 11.5 Å². The van der Waals surface area contributed by atoms with Crippen molar-refractivity contribution in [2.75, 3.05) is 0 Å². The molecule has 0 saturated heterocycles. The van der Waals surface area contributed by atoms with Gasteiger partial charge in [0.25, 0.3) is 0 Å². The van der Waals surface area contributed by atoms with Gasteiger partial charge in [-0.05, 0) is 38.1 Å². The van der Waals surface area contributed by atoms with Crippen LogP contribution < -0.4 is 9.47 Å². The summed E-state index contributed by atoms with van der Waals surface area (Å²) in [6, 6.07) is 13.7. The van der Waals surface area contributed by atoms with E-state index < -0.39 is 6.16 Å². The molecule has 0 aromatic heterocycles. The lowest BCUT2D eigenvalue weighted by atomic mass is 10.2. The lowest BCUT2D eigenvalue weighted by Gasteiger charge is -2.22. The Morgan fingerprint density at radius 2 is 1.00 bits per heavy atom. The van der Waals surface area contributed by atoms with E-state index in [2.05, 4.69) is 0 Å². The summed E-state index contributed by atoms with van der Waals surface area (Å²) < 4.78 is 9.96. The summed E-state index contributed by atoms with van der Waals surface area (Å²) in [5, 5.41) is 19.3. The average molecular weight is 260 g/mol. The number of benzene rings is 2. The Morgan fingerprint density at radius 3 is 1.32 bits per heavy atom. The van der Waals surface area contributed by atoms with Crippen LogP contribution in [0, 0.1) is 13.8 Å². The Kier molecular flexibility index (Phi) is 3.74. The van der Waals surface area contributed by atoms with Crippen molar-refractivity contribution in [3.8, 4) is 11.5 Å². The van der Waals surface area contributed by atoms with Gasteiger partial charge in [0.05, 0.1) is 0 Å². The van der Waals surface area contributed by atoms with Crippen molar-refractivity contribution < 1.29 is 19.7 Å². The zero-order chi connectivity index (χ0) is 13.9. The van der Waals surface area contributed by atoms with Crippen molar-refractivity contribution in [2.45, 2.75) is 20.0 Å². The number of ether oxygens (including phenoxy) is 2. The molecule has 4 heteroatoms. The molecule has 0 amide bonds. The van der Waals surface area contributed by atoms with Gasteiger partial charge in [0, 0.05) is 0 Å². The van der Waals surface area contributed by atoms with Crippen LogP contribution in [0.3, 0.4) is 0 Å². The number of aryl methyl sites for hydroxylation is 2. The van der Waals surface area contributed by atoms with Crippen molar-refractivity contribution in [3.63, 3.8) is 0 Å². The molecule has 0 fully saturated rings. The van der Waals surface area contributed by atoms with E-state index in [1.54, 1.807) is 48.5 Å². The molecular weight excluding hydrogens is 244 g/mol. The van der Waals surface area contributed by atoms with E-state index in [1.165, 1.54) is 0 Å². The minimum absolute atomic E-state index is 0.308. The highest BCUT2D eigenvalue weighted by atomic mass is 16.9. The van der Waals surface area contributed by atoms with E-state index >= 15 is 0 Å². The Hall–Kier alpha value is -2.04. The molecule has 19 heavy (non-hydrogen) atoms. The van der Waals surface area contributed by atoms with Gasteiger partial charge in [-0.3, -0.25) is 10.2 Å². The van der Waals surface area contributed by atoms with Crippen molar-refractivity contribution >= 4 is 0 Å². The fourth-order valence-corrected chi connectivity index (χ4v) is 1.54. The molecule has 0 saturated carbocycles. The van der Waals surface area contributed by atoms with Crippen molar-refractivity contribution in [3.05, 3.63) is 59.7 Å². The molecule has 2 aromatic rings. The highest BCUT2D eigenvalue weighted by Crippen LogP contribution is 2.20. The van der Waals surface area contributed by atoms with Gasteiger partial charge in [0.2, 0.25) is 0 Å². The first-order valence-electron chi connectivity index (χ1n) is 5.91.